The minimum atomic E-state index is -0.389. The van der Waals surface area contributed by atoms with Gasteiger partial charge in [0.25, 0.3) is 0 Å². The van der Waals surface area contributed by atoms with Crippen molar-refractivity contribution in [2.75, 3.05) is 0 Å². The largest absolute Gasteiger partial charge is 0.392 e. The summed E-state index contributed by atoms with van der Waals surface area (Å²) in [5.74, 6) is 0.358. The average molecular weight is 166 g/mol. The molecule has 0 unspecified atom stereocenters. The molecule has 3 atom stereocenters. The molecule has 0 radical (unpaired) electrons. The highest BCUT2D eigenvalue weighted by Gasteiger charge is 2.36. The number of rotatable bonds is 0. The van der Waals surface area contributed by atoms with Crippen LogP contribution in [0.5, 0.6) is 0 Å². The van der Waals surface area contributed by atoms with E-state index < -0.39 is 0 Å². The molecule has 0 amide bonds. The molecule has 0 heterocycles. The van der Waals surface area contributed by atoms with Crippen molar-refractivity contribution in [3.8, 4) is 0 Å². The molecular formula is C10H14O2. The molecule has 2 nitrogen and oxygen atoms in total. The first-order chi connectivity index (χ1) is 5.79. The van der Waals surface area contributed by atoms with Gasteiger partial charge in [0, 0.05) is 0 Å². The number of hydrogen-bond donors (Lipinski definition) is 1. The molecule has 1 saturated carbocycles. The van der Waals surface area contributed by atoms with Crippen LogP contribution in [0.4, 0.5) is 0 Å². The first-order valence-corrected chi connectivity index (χ1v) is 4.69. The standard InChI is InChI=1S/C10H14O2/c11-8-4-2-1-3-7-5-6-9(12)10(7)8/h5-8,10-11H,1-4H2/t7-,8-,10+/m1/s1. The number of aliphatic hydroxyl groups is 1. The van der Waals surface area contributed by atoms with Crippen LogP contribution >= 0.6 is 0 Å². The molecule has 0 aromatic heterocycles. The molecule has 1 N–H and O–H groups in total. The van der Waals surface area contributed by atoms with Crippen molar-refractivity contribution in [3.05, 3.63) is 12.2 Å². The maximum absolute atomic E-state index is 11.3. The van der Waals surface area contributed by atoms with Crippen molar-refractivity contribution in [1.82, 2.24) is 0 Å². The Hall–Kier alpha value is -0.630. The van der Waals surface area contributed by atoms with Crippen LogP contribution < -0.4 is 0 Å². The fourth-order valence-electron chi connectivity index (χ4n) is 2.32. The summed E-state index contributed by atoms with van der Waals surface area (Å²) >= 11 is 0. The van der Waals surface area contributed by atoms with Gasteiger partial charge in [0.15, 0.2) is 5.78 Å². The van der Waals surface area contributed by atoms with E-state index in [9.17, 15) is 9.90 Å². The average Bonchev–Trinajstić information content (AvgIpc) is 2.29. The van der Waals surface area contributed by atoms with E-state index in [1.54, 1.807) is 6.08 Å². The monoisotopic (exact) mass is 166 g/mol. The van der Waals surface area contributed by atoms with Crippen LogP contribution in [0.1, 0.15) is 25.7 Å². The normalized spacial score (nSPS) is 41.1. The van der Waals surface area contributed by atoms with Crippen molar-refractivity contribution in [1.29, 1.82) is 0 Å². The van der Waals surface area contributed by atoms with E-state index in [1.165, 1.54) is 0 Å². The SMILES string of the molecule is O=C1C=C[C@H]2CCCC[C@@H](O)[C@@H]12. The summed E-state index contributed by atoms with van der Waals surface area (Å²) in [6.45, 7) is 0. The van der Waals surface area contributed by atoms with E-state index in [-0.39, 0.29) is 17.8 Å². The summed E-state index contributed by atoms with van der Waals surface area (Å²) in [6.07, 6.45) is 7.31. The number of fused-ring (bicyclic) bond motifs is 1. The first-order valence-electron chi connectivity index (χ1n) is 4.69. The topological polar surface area (TPSA) is 37.3 Å². The summed E-state index contributed by atoms with van der Waals surface area (Å²) < 4.78 is 0. The maximum Gasteiger partial charge on any atom is 0.161 e. The van der Waals surface area contributed by atoms with E-state index in [4.69, 9.17) is 0 Å². The number of aliphatic hydroxyl groups excluding tert-OH is 1. The number of hydrogen-bond acceptors (Lipinski definition) is 2. The summed E-state index contributed by atoms with van der Waals surface area (Å²) in [5, 5.41) is 9.67. The quantitative estimate of drug-likeness (QED) is 0.588. The van der Waals surface area contributed by atoms with Gasteiger partial charge in [-0.05, 0) is 24.8 Å². The van der Waals surface area contributed by atoms with Crippen molar-refractivity contribution in [3.63, 3.8) is 0 Å². The van der Waals surface area contributed by atoms with Crippen LogP contribution in [0, 0.1) is 11.8 Å². The lowest BCUT2D eigenvalue weighted by molar-refractivity contribution is -0.121. The van der Waals surface area contributed by atoms with Crippen LogP contribution in [-0.2, 0) is 4.79 Å². The van der Waals surface area contributed by atoms with E-state index in [2.05, 4.69) is 0 Å². The van der Waals surface area contributed by atoms with E-state index in [0.717, 1.165) is 25.7 Å². The molecule has 0 aromatic rings. The summed E-state index contributed by atoms with van der Waals surface area (Å²) in [7, 11) is 0. The Kier molecular flexibility index (Phi) is 2.01. The second-order valence-corrected chi connectivity index (χ2v) is 3.80. The lowest BCUT2D eigenvalue weighted by atomic mass is 9.88. The lowest BCUT2D eigenvalue weighted by Crippen LogP contribution is -2.28. The number of ketones is 1. The van der Waals surface area contributed by atoms with Crippen LogP contribution in [-0.4, -0.2) is 17.0 Å². The van der Waals surface area contributed by atoms with Crippen molar-refractivity contribution in [2.24, 2.45) is 11.8 Å². The Morgan fingerprint density at radius 1 is 1.33 bits per heavy atom. The van der Waals surface area contributed by atoms with Crippen LogP contribution in [0.3, 0.4) is 0 Å². The third-order valence-corrected chi connectivity index (χ3v) is 3.00. The van der Waals surface area contributed by atoms with Gasteiger partial charge >= 0.3 is 0 Å². The van der Waals surface area contributed by atoms with Gasteiger partial charge in [-0.1, -0.05) is 18.9 Å². The van der Waals surface area contributed by atoms with E-state index in [0.29, 0.717) is 5.92 Å². The van der Waals surface area contributed by atoms with Gasteiger partial charge in [0.1, 0.15) is 0 Å². The molecule has 66 valence electrons. The third kappa shape index (κ3) is 1.20. The molecule has 2 aliphatic rings. The zero-order valence-corrected chi connectivity index (χ0v) is 7.07. The Labute approximate surface area is 72.3 Å². The van der Waals surface area contributed by atoms with Gasteiger partial charge in [-0.25, -0.2) is 0 Å². The zero-order chi connectivity index (χ0) is 8.55. The molecule has 0 bridgehead atoms. The van der Waals surface area contributed by atoms with Gasteiger partial charge < -0.3 is 5.11 Å². The Bertz CT molecular complexity index is 220. The van der Waals surface area contributed by atoms with Crippen molar-refractivity contribution < 1.29 is 9.90 Å². The Morgan fingerprint density at radius 3 is 2.92 bits per heavy atom. The number of allylic oxidation sites excluding steroid dienone is 2. The van der Waals surface area contributed by atoms with Gasteiger partial charge in [-0.2, -0.15) is 0 Å². The molecule has 0 aromatic carbocycles. The van der Waals surface area contributed by atoms with Crippen LogP contribution in [0.25, 0.3) is 0 Å². The summed E-state index contributed by atoms with van der Waals surface area (Å²) in [4.78, 5) is 11.3. The molecule has 0 saturated heterocycles. The first kappa shape index (κ1) is 7.99. The molecule has 1 fully saturated rings. The third-order valence-electron chi connectivity index (χ3n) is 3.00. The van der Waals surface area contributed by atoms with Crippen LogP contribution in [0.15, 0.2) is 12.2 Å². The van der Waals surface area contributed by atoms with E-state index >= 15 is 0 Å². The molecular weight excluding hydrogens is 152 g/mol. The molecule has 2 aliphatic carbocycles. The fraction of sp³-hybridized carbons (Fsp3) is 0.700. The van der Waals surface area contributed by atoms with Gasteiger partial charge in [0.05, 0.1) is 12.0 Å². The summed E-state index contributed by atoms with van der Waals surface area (Å²) in [5.41, 5.74) is 0. The van der Waals surface area contributed by atoms with Crippen molar-refractivity contribution >= 4 is 5.78 Å². The highest BCUT2D eigenvalue weighted by Crippen LogP contribution is 2.34. The summed E-state index contributed by atoms with van der Waals surface area (Å²) in [6, 6.07) is 0. The minimum Gasteiger partial charge on any atom is -0.392 e. The second kappa shape index (κ2) is 3.02. The zero-order valence-electron chi connectivity index (χ0n) is 7.07. The number of carbonyl (C=O) groups excluding carboxylic acids is 1. The smallest absolute Gasteiger partial charge is 0.161 e. The fourth-order valence-corrected chi connectivity index (χ4v) is 2.32. The molecule has 2 heteroatoms. The number of carbonyl (C=O) groups is 1. The Balaban J connectivity index is 2.18. The highest BCUT2D eigenvalue weighted by atomic mass is 16.3. The predicted octanol–water partition coefficient (Wildman–Crippen LogP) is 1.29. The molecule has 2 rings (SSSR count). The van der Waals surface area contributed by atoms with E-state index in [1.807, 2.05) is 6.08 Å². The molecule has 12 heavy (non-hydrogen) atoms. The highest BCUT2D eigenvalue weighted by molar-refractivity contribution is 5.95. The molecule has 0 aliphatic heterocycles. The predicted molar refractivity (Wildman–Crippen MR) is 45.6 cm³/mol. The molecule has 0 spiro atoms. The maximum atomic E-state index is 11.3. The lowest BCUT2D eigenvalue weighted by Gasteiger charge is -2.19. The minimum absolute atomic E-state index is 0.104. The van der Waals surface area contributed by atoms with Crippen LogP contribution in [0.2, 0.25) is 0 Å². The Morgan fingerprint density at radius 2 is 2.08 bits per heavy atom. The van der Waals surface area contributed by atoms with Crippen molar-refractivity contribution in [2.45, 2.75) is 31.8 Å². The van der Waals surface area contributed by atoms with Gasteiger partial charge in [0.2, 0.25) is 0 Å². The van der Waals surface area contributed by atoms with Gasteiger partial charge in [-0.15, -0.1) is 0 Å². The van der Waals surface area contributed by atoms with Gasteiger partial charge in [-0.3, -0.25) is 4.79 Å². The second-order valence-electron chi connectivity index (χ2n) is 3.80.